The van der Waals surface area contributed by atoms with Crippen LogP contribution in [-0.4, -0.2) is 16.8 Å². The molecule has 174 valence electrons. The number of alkyl halides is 1. The van der Waals surface area contributed by atoms with E-state index in [2.05, 4.69) is 0 Å². The van der Waals surface area contributed by atoms with Gasteiger partial charge < -0.3 is 0 Å². The van der Waals surface area contributed by atoms with Gasteiger partial charge >= 0.3 is 4.33 Å². The van der Waals surface area contributed by atoms with E-state index in [1.54, 1.807) is 43.3 Å². The molecular formula is C26H27FO4S2. The van der Waals surface area contributed by atoms with Crippen LogP contribution in [0.1, 0.15) is 37.5 Å². The molecular weight excluding hydrogens is 459 g/mol. The SMILES string of the molecule is CC=Cc1ccc(CC(C)C)c(C(F)(S(=O)(=O)c2ccccc2)S(=O)(=O)c2ccccc2)c1. The number of hydrogen-bond donors (Lipinski definition) is 0. The molecule has 3 aromatic carbocycles. The molecule has 0 saturated carbocycles. The number of halogens is 1. The van der Waals surface area contributed by atoms with Gasteiger partial charge in [-0.3, -0.25) is 0 Å². The minimum Gasteiger partial charge on any atom is -0.219 e. The fraction of sp³-hybridized carbons (Fsp3) is 0.231. The lowest BCUT2D eigenvalue weighted by atomic mass is 9.96. The highest BCUT2D eigenvalue weighted by atomic mass is 32.3. The molecule has 0 fully saturated rings. The standard InChI is InChI=1S/C26H27FO4S2/c1-4-11-21-16-17-22(18-20(2)3)25(19-21)26(27,32(28,29)23-12-7-5-8-13-23)33(30,31)24-14-9-6-10-15-24/h4-17,19-20H,18H2,1-3H3. The molecule has 3 aromatic rings. The molecule has 0 spiro atoms. The molecule has 0 bridgehead atoms. The van der Waals surface area contributed by atoms with Gasteiger partial charge in [0.25, 0.3) is 0 Å². The molecule has 0 aliphatic carbocycles. The third-order valence-corrected chi connectivity index (χ3v) is 10.2. The van der Waals surface area contributed by atoms with Crippen LogP contribution in [-0.2, 0) is 30.4 Å². The third-order valence-electron chi connectivity index (χ3n) is 5.24. The first-order valence-electron chi connectivity index (χ1n) is 10.6. The van der Waals surface area contributed by atoms with Crippen molar-refractivity contribution in [3.8, 4) is 0 Å². The van der Waals surface area contributed by atoms with Crippen LogP contribution in [0.2, 0.25) is 0 Å². The van der Waals surface area contributed by atoms with E-state index in [-0.39, 0.29) is 11.5 Å². The van der Waals surface area contributed by atoms with Crippen molar-refractivity contribution in [1.82, 2.24) is 0 Å². The fourth-order valence-electron chi connectivity index (χ4n) is 3.72. The molecule has 0 radical (unpaired) electrons. The number of benzene rings is 3. The lowest BCUT2D eigenvalue weighted by Gasteiger charge is -2.29. The summed E-state index contributed by atoms with van der Waals surface area (Å²) in [5.41, 5.74) is 0.466. The largest absolute Gasteiger partial charge is 0.342 e. The Kier molecular flexibility index (Phi) is 7.24. The molecule has 7 heteroatoms. The maximum atomic E-state index is 17.4. The van der Waals surface area contributed by atoms with E-state index in [1.165, 1.54) is 54.6 Å². The van der Waals surface area contributed by atoms with Gasteiger partial charge in [-0.05, 0) is 60.7 Å². The molecule has 0 aliphatic heterocycles. The van der Waals surface area contributed by atoms with Crippen molar-refractivity contribution in [2.24, 2.45) is 5.92 Å². The first kappa shape index (κ1) is 24.9. The maximum absolute atomic E-state index is 17.4. The first-order valence-corrected chi connectivity index (χ1v) is 13.6. The van der Waals surface area contributed by atoms with Crippen LogP contribution >= 0.6 is 0 Å². The first-order chi connectivity index (χ1) is 15.6. The molecule has 0 aromatic heterocycles. The molecule has 4 nitrogen and oxygen atoms in total. The Morgan fingerprint density at radius 3 is 1.73 bits per heavy atom. The van der Waals surface area contributed by atoms with Crippen molar-refractivity contribution < 1.29 is 21.2 Å². The van der Waals surface area contributed by atoms with Gasteiger partial charge in [0.2, 0.25) is 19.7 Å². The normalized spacial score (nSPS) is 13.0. The van der Waals surface area contributed by atoms with Gasteiger partial charge in [-0.2, -0.15) is 0 Å². The Morgan fingerprint density at radius 2 is 1.30 bits per heavy atom. The van der Waals surface area contributed by atoms with Crippen LogP contribution in [0.5, 0.6) is 0 Å². The summed E-state index contributed by atoms with van der Waals surface area (Å²) in [6.07, 6.45) is 3.71. The molecule has 0 atom stereocenters. The molecule has 0 amide bonds. The summed E-state index contributed by atoms with van der Waals surface area (Å²) in [6.45, 7) is 5.58. The van der Waals surface area contributed by atoms with Crippen LogP contribution in [0.25, 0.3) is 6.08 Å². The second-order valence-corrected chi connectivity index (χ2v) is 12.5. The predicted octanol–water partition coefficient (Wildman–Crippen LogP) is 5.95. The Hall–Kier alpha value is -2.77. The van der Waals surface area contributed by atoms with Gasteiger partial charge in [0.15, 0.2) is 0 Å². The quantitative estimate of drug-likeness (QED) is 0.395. The molecule has 0 saturated heterocycles. The van der Waals surface area contributed by atoms with Crippen LogP contribution in [0, 0.1) is 5.92 Å². The molecule has 33 heavy (non-hydrogen) atoms. The Balaban J connectivity index is 2.47. The second-order valence-electron chi connectivity index (χ2n) is 8.18. The third kappa shape index (κ3) is 4.52. The fourth-order valence-corrected chi connectivity index (χ4v) is 8.05. The van der Waals surface area contributed by atoms with Crippen molar-refractivity contribution in [3.05, 3.63) is 102 Å². The Bertz CT molecular complexity index is 1280. The lowest BCUT2D eigenvalue weighted by molar-refractivity contribution is 0.361. The van der Waals surface area contributed by atoms with Gasteiger partial charge in [0, 0.05) is 5.56 Å². The Labute approximate surface area is 195 Å². The van der Waals surface area contributed by atoms with E-state index in [0.29, 0.717) is 17.5 Å². The average molecular weight is 487 g/mol. The zero-order valence-corrected chi connectivity index (χ0v) is 20.4. The summed E-state index contributed by atoms with van der Waals surface area (Å²) in [5.74, 6) is 0.0411. The lowest BCUT2D eigenvalue weighted by Crippen LogP contribution is -2.40. The van der Waals surface area contributed by atoms with Crippen molar-refractivity contribution in [3.63, 3.8) is 0 Å². The summed E-state index contributed by atoms with van der Waals surface area (Å²) in [7, 11) is -10.1. The van der Waals surface area contributed by atoms with Gasteiger partial charge in [0.05, 0.1) is 9.79 Å². The smallest absolute Gasteiger partial charge is 0.219 e. The highest BCUT2D eigenvalue weighted by Crippen LogP contribution is 2.47. The van der Waals surface area contributed by atoms with Crippen molar-refractivity contribution in [2.75, 3.05) is 0 Å². The van der Waals surface area contributed by atoms with Crippen molar-refractivity contribution >= 4 is 25.8 Å². The number of allylic oxidation sites excluding steroid dienone is 1. The summed E-state index contributed by atoms with van der Waals surface area (Å²) in [4.78, 5) is -0.808. The second kappa shape index (κ2) is 9.61. The van der Waals surface area contributed by atoms with Crippen molar-refractivity contribution in [1.29, 1.82) is 0 Å². The topological polar surface area (TPSA) is 68.3 Å². The summed E-state index contributed by atoms with van der Waals surface area (Å²) >= 11 is 0. The van der Waals surface area contributed by atoms with Gasteiger partial charge in [0.1, 0.15) is 0 Å². The number of sulfone groups is 2. The zero-order chi connectivity index (χ0) is 24.3. The highest BCUT2D eigenvalue weighted by molar-refractivity contribution is 8.09. The van der Waals surface area contributed by atoms with E-state index in [1.807, 2.05) is 13.8 Å². The van der Waals surface area contributed by atoms with E-state index in [4.69, 9.17) is 0 Å². The van der Waals surface area contributed by atoms with Crippen LogP contribution in [0.15, 0.2) is 94.7 Å². The highest BCUT2D eigenvalue weighted by Gasteiger charge is 2.59. The monoisotopic (exact) mass is 486 g/mol. The molecule has 0 aliphatic rings. The van der Waals surface area contributed by atoms with Crippen molar-refractivity contribution in [2.45, 2.75) is 41.3 Å². The minimum atomic E-state index is -5.03. The van der Waals surface area contributed by atoms with Crippen LogP contribution < -0.4 is 0 Å². The minimum absolute atomic E-state index is 0.0411. The van der Waals surface area contributed by atoms with Gasteiger partial charge in [-0.25, -0.2) is 21.2 Å². The van der Waals surface area contributed by atoms with E-state index < -0.39 is 33.8 Å². The van der Waals surface area contributed by atoms with Gasteiger partial charge in [-0.1, -0.05) is 74.5 Å². The number of hydrogen-bond acceptors (Lipinski definition) is 4. The summed E-state index contributed by atoms with van der Waals surface area (Å²) in [6, 6.07) is 18.4. The Morgan fingerprint density at radius 1 is 0.818 bits per heavy atom. The van der Waals surface area contributed by atoms with E-state index >= 15 is 4.39 Å². The molecule has 0 N–H and O–H groups in total. The maximum Gasteiger partial charge on any atom is 0.342 e. The zero-order valence-electron chi connectivity index (χ0n) is 18.8. The molecule has 0 unspecified atom stereocenters. The number of rotatable bonds is 8. The van der Waals surface area contributed by atoms with E-state index in [9.17, 15) is 16.8 Å². The molecule has 3 rings (SSSR count). The predicted molar refractivity (Wildman–Crippen MR) is 130 cm³/mol. The average Bonchev–Trinajstić information content (AvgIpc) is 2.80. The summed E-state index contributed by atoms with van der Waals surface area (Å²) in [5, 5.41) is 0. The van der Waals surface area contributed by atoms with E-state index in [0.717, 1.165) is 0 Å². The summed E-state index contributed by atoms with van der Waals surface area (Å²) < 4.78 is 68.9. The molecule has 0 heterocycles. The van der Waals surface area contributed by atoms with Crippen LogP contribution in [0.4, 0.5) is 4.39 Å². The van der Waals surface area contributed by atoms with Crippen LogP contribution in [0.3, 0.4) is 0 Å². The van der Waals surface area contributed by atoms with Gasteiger partial charge in [-0.15, -0.1) is 0 Å².